The van der Waals surface area contributed by atoms with Gasteiger partial charge in [-0.2, -0.15) is 0 Å². The Bertz CT molecular complexity index is 1010. The first-order chi connectivity index (χ1) is 16.4. The number of aromatic nitrogens is 1. The number of carbonyl (C=O) groups excluding carboxylic acids is 1. The molecule has 3 aliphatic heterocycles. The minimum atomic E-state index is -0.348. The largest absolute Gasteiger partial charge is 0.493 e. The molecule has 0 saturated carbocycles. The van der Waals surface area contributed by atoms with E-state index in [9.17, 15) is 4.79 Å². The number of piperidine rings is 1. The molecule has 0 bridgehead atoms. The third kappa shape index (κ3) is 4.40. The van der Waals surface area contributed by atoms with Crippen LogP contribution < -0.4 is 9.47 Å². The van der Waals surface area contributed by atoms with Crippen molar-refractivity contribution in [3.8, 4) is 11.5 Å². The molecule has 0 aliphatic carbocycles. The summed E-state index contributed by atoms with van der Waals surface area (Å²) in [5.74, 6) is 2.13. The second-order valence-electron chi connectivity index (χ2n) is 10.7. The molecule has 1 spiro atoms. The summed E-state index contributed by atoms with van der Waals surface area (Å²) in [6, 6.07) is 10.1. The van der Waals surface area contributed by atoms with Gasteiger partial charge in [0.1, 0.15) is 5.60 Å². The standard InChI is InChI=1S/C28H36N2O4/c1-27(2)22-18-28(19-33-25(22)21-7-5-8-23(32-3)26(21)34-27)12-16-30(17-13-28)24(31)9-4-6-20-10-14-29-15-11-20/h5,7-8,10-11,14-15,22,25H,4,6,9,12-13,16-19H2,1-3H3/t22-,25+/m0/s1. The molecule has 0 unspecified atom stereocenters. The normalized spacial score (nSPS) is 24.6. The minimum absolute atomic E-state index is 0.0207. The van der Waals surface area contributed by atoms with Crippen molar-refractivity contribution in [1.29, 1.82) is 0 Å². The Balaban J connectivity index is 1.20. The van der Waals surface area contributed by atoms with Crippen LogP contribution in [0.5, 0.6) is 11.5 Å². The number of rotatable bonds is 5. The summed E-state index contributed by atoms with van der Waals surface area (Å²) in [5.41, 5.74) is 2.11. The summed E-state index contributed by atoms with van der Waals surface area (Å²) < 4.78 is 18.7. The van der Waals surface area contributed by atoms with Crippen molar-refractivity contribution in [3.63, 3.8) is 0 Å². The molecule has 1 aromatic heterocycles. The molecule has 5 rings (SSSR count). The van der Waals surface area contributed by atoms with Crippen LogP contribution in [0.1, 0.15) is 63.2 Å². The summed E-state index contributed by atoms with van der Waals surface area (Å²) in [4.78, 5) is 19.0. The summed E-state index contributed by atoms with van der Waals surface area (Å²) in [7, 11) is 1.68. The number of hydrogen-bond acceptors (Lipinski definition) is 5. The number of benzene rings is 1. The Labute approximate surface area is 202 Å². The smallest absolute Gasteiger partial charge is 0.222 e. The van der Waals surface area contributed by atoms with E-state index in [1.54, 1.807) is 7.11 Å². The van der Waals surface area contributed by atoms with Crippen LogP contribution in [0.15, 0.2) is 42.7 Å². The number of pyridine rings is 1. The predicted molar refractivity (Wildman–Crippen MR) is 130 cm³/mol. The Hall–Kier alpha value is -2.60. The van der Waals surface area contributed by atoms with Gasteiger partial charge in [0.25, 0.3) is 0 Å². The van der Waals surface area contributed by atoms with E-state index in [4.69, 9.17) is 14.2 Å². The fourth-order valence-electron chi connectivity index (χ4n) is 6.03. The number of fused-ring (bicyclic) bond motifs is 3. The van der Waals surface area contributed by atoms with Gasteiger partial charge in [-0.1, -0.05) is 12.1 Å². The van der Waals surface area contributed by atoms with E-state index in [2.05, 4.69) is 29.8 Å². The fourth-order valence-corrected chi connectivity index (χ4v) is 6.03. The second-order valence-corrected chi connectivity index (χ2v) is 10.7. The maximum absolute atomic E-state index is 12.8. The van der Waals surface area contributed by atoms with Gasteiger partial charge in [-0.3, -0.25) is 9.78 Å². The van der Waals surface area contributed by atoms with Gasteiger partial charge in [0, 0.05) is 43.4 Å². The van der Waals surface area contributed by atoms with Crippen LogP contribution in [-0.4, -0.2) is 48.2 Å². The number of carbonyl (C=O) groups is 1. The van der Waals surface area contributed by atoms with E-state index in [0.29, 0.717) is 6.42 Å². The third-order valence-corrected chi connectivity index (χ3v) is 8.16. The highest BCUT2D eigenvalue weighted by Gasteiger charge is 2.53. The van der Waals surface area contributed by atoms with E-state index >= 15 is 0 Å². The maximum Gasteiger partial charge on any atom is 0.222 e. The highest BCUT2D eigenvalue weighted by molar-refractivity contribution is 5.76. The Kier molecular flexibility index (Phi) is 6.28. The molecule has 6 heteroatoms. The number of likely N-dealkylation sites (tertiary alicyclic amines) is 1. The van der Waals surface area contributed by atoms with Gasteiger partial charge >= 0.3 is 0 Å². The number of amides is 1. The molecule has 1 aromatic carbocycles. The fraction of sp³-hybridized carbons (Fsp3) is 0.571. The Morgan fingerprint density at radius 1 is 1.18 bits per heavy atom. The zero-order valence-electron chi connectivity index (χ0n) is 20.6. The number of nitrogens with zero attached hydrogens (tertiary/aromatic N) is 2. The average Bonchev–Trinajstić information content (AvgIpc) is 2.85. The van der Waals surface area contributed by atoms with Crippen LogP contribution in [0, 0.1) is 11.3 Å². The van der Waals surface area contributed by atoms with Crippen LogP contribution in [0.2, 0.25) is 0 Å². The molecule has 2 aromatic rings. The van der Waals surface area contributed by atoms with Crippen LogP contribution in [0.25, 0.3) is 0 Å². The lowest BCUT2D eigenvalue weighted by Crippen LogP contribution is -2.54. The zero-order chi connectivity index (χ0) is 23.8. The molecule has 34 heavy (non-hydrogen) atoms. The van der Waals surface area contributed by atoms with E-state index in [1.807, 2.05) is 36.7 Å². The Morgan fingerprint density at radius 2 is 1.94 bits per heavy atom. The first-order valence-corrected chi connectivity index (χ1v) is 12.5. The van der Waals surface area contributed by atoms with Crippen molar-refractivity contribution >= 4 is 5.91 Å². The molecule has 0 radical (unpaired) electrons. The first kappa shape index (κ1) is 23.2. The number of ether oxygens (including phenoxy) is 3. The van der Waals surface area contributed by atoms with Gasteiger partial charge in [0.2, 0.25) is 5.91 Å². The lowest BCUT2D eigenvalue weighted by atomic mass is 9.64. The quantitative estimate of drug-likeness (QED) is 0.625. The molecule has 2 fully saturated rings. The van der Waals surface area contributed by atoms with Crippen LogP contribution in [0.3, 0.4) is 0 Å². The molecule has 182 valence electrons. The average molecular weight is 465 g/mol. The van der Waals surface area contributed by atoms with Gasteiger partial charge in [-0.15, -0.1) is 0 Å². The topological polar surface area (TPSA) is 60.9 Å². The molecule has 6 nitrogen and oxygen atoms in total. The van der Waals surface area contributed by atoms with Crippen molar-refractivity contribution in [2.24, 2.45) is 11.3 Å². The highest BCUT2D eigenvalue weighted by Crippen LogP contribution is 2.57. The van der Waals surface area contributed by atoms with Crippen LogP contribution in [-0.2, 0) is 16.0 Å². The third-order valence-electron chi connectivity index (χ3n) is 8.16. The summed E-state index contributed by atoms with van der Waals surface area (Å²) in [6.07, 6.45) is 9.10. The molecule has 0 N–H and O–H groups in total. The Morgan fingerprint density at radius 3 is 2.68 bits per heavy atom. The van der Waals surface area contributed by atoms with Gasteiger partial charge in [-0.25, -0.2) is 0 Å². The molecule has 3 aliphatic rings. The lowest BCUT2D eigenvalue weighted by molar-refractivity contribution is -0.176. The summed E-state index contributed by atoms with van der Waals surface area (Å²) in [5, 5.41) is 0. The molecule has 1 amide bonds. The number of para-hydroxylation sites is 1. The zero-order valence-corrected chi connectivity index (χ0v) is 20.6. The molecular formula is C28H36N2O4. The van der Waals surface area contributed by atoms with Crippen LogP contribution >= 0.6 is 0 Å². The predicted octanol–water partition coefficient (Wildman–Crippen LogP) is 4.97. The van der Waals surface area contributed by atoms with E-state index in [-0.39, 0.29) is 28.9 Å². The van der Waals surface area contributed by atoms with Crippen molar-refractivity contribution in [2.75, 3.05) is 26.8 Å². The summed E-state index contributed by atoms with van der Waals surface area (Å²) >= 11 is 0. The molecular weight excluding hydrogens is 428 g/mol. The summed E-state index contributed by atoms with van der Waals surface area (Å²) in [6.45, 7) is 6.72. The molecule has 4 heterocycles. The first-order valence-electron chi connectivity index (χ1n) is 12.5. The monoisotopic (exact) mass is 464 g/mol. The lowest BCUT2D eigenvalue weighted by Gasteiger charge is -2.54. The van der Waals surface area contributed by atoms with Crippen molar-refractivity contribution < 1.29 is 19.0 Å². The van der Waals surface area contributed by atoms with Gasteiger partial charge < -0.3 is 19.1 Å². The molecule has 2 saturated heterocycles. The number of hydrogen-bond donors (Lipinski definition) is 0. The maximum atomic E-state index is 12.8. The molecule has 2 atom stereocenters. The van der Waals surface area contributed by atoms with Gasteiger partial charge in [-0.05, 0) is 75.1 Å². The minimum Gasteiger partial charge on any atom is -0.493 e. The SMILES string of the molecule is COc1cccc2c1OC(C)(C)[C@H]1CC3(CCN(C(=O)CCCc4ccncc4)CC3)CO[C@H]21. The van der Waals surface area contributed by atoms with E-state index in [1.165, 1.54) is 5.56 Å². The number of methoxy groups -OCH3 is 1. The van der Waals surface area contributed by atoms with Gasteiger partial charge in [0.05, 0.1) is 19.8 Å². The van der Waals surface area contributed by atoms with Crippen molar-refractivity contribution in [2.45, 2.75) is 64.1 Å². The highest BCUT2D eigenvalue weighted by atomic mass is 16.5. The van der Waals surface area contributed by atoms with Crippen molar-refractivity contribution in [3.05, 3.63) is 53.9 Å². The number of aryl methyl sites for hydroxylation is 1. The van der Waals surface area contributed by atoms with E-state index < -0.39 is 0 Å². The van der Waals surface area contributed by atoms with Crippen molar-refractivity contribution in [1.82, 2.24) is 9.88 Å². The van der Waals surface area contributed by atoms with Crippen LogP contribution in [0.4, 0.5) is 0 Å². The van der Waals surface area contributed by atoms with Gasteiger partial charge in [0.15, 0.2) is 11.5 Å². The second kappa shape index (κ2) is 9.21. The van der Waals surface area contributed by atoms with E-state index in [0.717, 1.165) is 68.9 Å².